The van der Waals surface area contributed by atoms with E-state index < -0.39 is 5.97 Å². The molecule has 18 heavy (non-hydrogen) atoms. The number of hydrogen-bond donors (Lipinski definition) is 1. The van der Waals surface area contributed by atoms with Crippen LogP contribution in [0.1, 0.15) is 10.4 Å². The second-order valence-corrected chi connectivity index (χ2v) is 5.35. The third kappa shape index (κ3) is 2.69. The van der Waals surface area contributed by atoms with Gasteiger partial charge in [-0.25, -0.2) is 4.79 Å². The minimum absolute atomic E-state index is 0.211. The average Bonchev–Trinajstić information content (AvgIpc) is 2.32. The predicted molar refractivity (Wildman–Crippen MR) is 76.6 cm³/mol. The molecular weight excluding hydrogens is 339 g/mol. The summed E-state index contributed by atoms with van der Waals surface area (Å²) in [5.74, 6) is -0.989. The molecule has 0 atom stereocenters. The van der Waals surface area contributed by atoms with Crippen molar-refractivity contribution < 1.29 is 9.90 Å². The molecule has 0 bridgehead atoms. The van der Waals surface area contributed by atoms with E-state index in [0.29, 0.717) is 25.6 Å². The topological polar surface area (TPSA) is 37.3 Å². The molecule has 0 amide bonds. The molecule has 2 nitrogen and oxygen atoms in total. The Morgan fingerprint density at radius 2 is 1.78 bits per heavy atom. The first-order chi connectivity index (χ1) is 8.49. The van der Waals surface area contributed by atoms with E-state index in [9.17, 15) is 9.90 Å². The maximum Gasteiger partial charge on any atom is 0.336 e. The molecule has 0 aliphatic heterocycles. The molecule has 0 aromatic heterocycles. The predicted octanol–water partition coefficient (Wildman–Crippen LogP) is 5.12. The van der Waals surface area contributed by atoms with Gasteiger partial charge in [0.15, 0.2) is 0 Å². The Morgan fingerprint density at radius 3 is 2.39 bits per heavy atom. The quantitative estimate of drug-likeness (QED) is 0.820. The minimum Gasteiger partial charge on any atom is -0.478 e. The molecule has 5 heteroatoms. The second kappa shape index (κ2) is 5.31. The maximum atomic E-state index is 11.2. The van der Waals surface area contributed by atoms with Crippen LogP contribution in [0.4, 0.5) is 0 Å². The van der Waals surface area contributed by atoms with Crippen LogP contribution in [0.3, 0.4) is 0 Å². The summed E-state index contributed by atoms with van der Waals surface area (Å²) >= 11 is 15.0. The molecule has 2 aromatic carbocycles. The fourth-order valence-electron chi connectivity index (χ4n) is 1.61. The lowest BCUT2D eigenvalue weighted by Crippen LogP contribution is -1.99. The number of rotatable bonds is 2. The maximum absolute atomic E-state index is 11.2. The zero-order valence-electron chi connectivity index (χ0n) is 8.95. The molecule has 0 aliphatic carbocycles. The van der Waals surface area contributed by atoms with Gasteiger partial charge in [-0.1, -0.05) is 51.3 Å². The van der Waals surface area contributed by atoms with Crippen molar-refractivity contribution in [1.82, 2.24) is 0 Å². The van der Waals surface area contributed by atoms with Crippen molar-refractivity contribution in [1.29, 1.82) is 0 Å². The van der Waals surface area contributed by atoms with Crippen molar-refractivity contribution in [2.75, 3.05) is 0 Å². The molecule has 0 radical (unpaired) electrons. The molecule has 2 rings (SSSR count). The number of carboxylic acid groups (broad SMARTS) is 1. The number of carboxylic acids is 1. The zero-order valence-corrected chi connectivity index (χ0v) is 12.1. The van der Waals surface area contributed by atoms with Crippen LogP contribution in [0.5, 0.6) is 0 Å². The molecule has 1 N–H and O–H groups in total. The molecule has 0 heterocycles. The Labute approximate surface area is 122 Å². The van der Waals surface area contributed by atoms with Crippen molar-refractivity contribution in [3.8, 4) is 11.1 Å². The standard InChI is InChI=1S/C13H7BrCl2O2/c14-8-2-3-9(10(6-8)13(17)18)7-1-4-11(15)12(16)5-7/h1-6H,(H,17,18). The Hall–Kier alpha value is -1.03. The highest BCUT2D eigenvalue weighted by Gasteiger charge is 2.13. The number of halogens is 3. The van der Waals surface area contributed by atoms with E-state index in [-0.39, 0.29) is 5.56 Å². The second-order valence-electron chi connectivity index (χ2n) is 3.62. The third-order valence-electron chi connectivity index (χ3n) is 2.44. The van der Waals surface area contributed by atoms with E-state index in [0.717, 1.165) is 0 Å². The summed E-state index contributed by atoms with van der Waals surface area (Å²) in [6.45, 7) is 0. The largest absolute Gasteiger partial charge is 0.478 e. The smallest absolute Gasteiger partial charge is 0.336 e. The van der Waals surface area contributed by atoms with Crippen LogP contribution in [0, 0.1) is 0 Å². The van der Waals surface area contributed by atoms with Gasteiger partial charge in [-0.15, -0.1) is 0 Å². The van der Waals surface area contributed by atoms with Gasteiger partial charge in [0.05, 0.1) is 15.6 Å². The average molecular weight is 346 g/mol. The summed E-state index contributed by atoms with van der Waals surface area (Å²) in [4.78, 5) is 11.2. The van der Waals surface area contributed by atoms with Crippen LogP contribution >= 0.6 is 39.1 Å². The highest BCUT2D eigenvalue weighted by atomic mass is 79.9. The van der Waals surface area contributed by atoms with E-state index >= 15 is 0 Å². The summed E-state index contributed by atoms with van der Waals surface area (Å²) in [5, 5.41) is 10.0. The monoisotopic (exact) mass is 344 g/mol. The van der Waals surface area contributed by atoms with E-state index in [1.807, 2.05) is 0 Å². The summed E-state index contributed by atoms with van der Waals surface area (Å²) in [7, 11) is 0. The highest BCUT2D eigenvalue weighted by molar-refractivity contribution is 9.10. The van der Waals surface area contributed by atoms with Crippen LogP contribution in [0.25, 0.3) is 11.1 Å². The molecule has 0 saturated heterocycles. The first-order valence-corrected chi connectivity index (χ1v) is 6.52. The van der Waals surface area contributed by atoms with E-state index in [1.165, 1.54) is 0 Å². The van der Waals surface area contributed by atoms with Gasteiger partial charge in [-0.05, 0) is 35.4 Å². The van der Waals surface area contributed by atoms with Gasteiger partial charge in [-0.3, -0.25) is 0 Å². The van der Waals surface area contributed by atoms with Gasteiger partial charge in [0.25, 0.3) is 0 Å². The van der Waals surface area contributed by atoms with Gasteiger partial charge < -0.3 is 5.11 Å². The lowest BCUT2D eigenvalue weighted by molar-refractivity contribution is 0.0697. The van der Waals surface area contributed by atoms with Crippen LogP contribution in [0.2, 0.25) is 10.0 Å². The molecular formula is C13H7BrCl2O2. The normalized spacial score (nSPS) is 10.4. The first kappa shape index (κ1) is 13.4. The number of hydrogen-bond acceptors (Lipinski definition) is 1. The lowest BCUT2D eigenvalue weighted by atomic mass is 10.00. The Morgan fingerprint density at radius 1 is 1.06 bits per heavy atom. The van der Waals surface area contributed by atoms with Gasteiger partial charge in [0.1, 0.15) is 0 Å². The molecule has 2 aromatic rings. The van der Waals surface area contributed by atoms with Crippen LogP contribution < -0.4 is 0 Å². The van der Waals surface area contributed by atoms with Crippen LogP contribution in [-0.2, 0) is 0 Å². The molecule has 0 spiro atoms. The van der Waals surface area contributed by atoms with Crippen LogP contribution in [-0.4, -0.2) is 11.1 Å². The number of aromatic carboxylic acids is 1. The van der Waals surface area contributed by atoms with E-state index in [1.54, 1.807) is 36.4 Å². The Bertz CT molecular complexity index is 626. The summed E-state index contributed by atoms with van der Waals surface area (Å²) in [6, 6.07) is 10.1. The number of benzene rings is 2. The summed E-state index contributed by atoms with van der Waals surface area (Å²) in [5.41, 5.74) is 1.53. The van der Waals surface area contributed by atoms with E-state index in [2.05, 4.69) is 15.9 Å². The molecule has 0 saturated carbocycles. The van der Waals surface area contributed by atoms with Gasteiger partial charge >= 0.3 is 5.97 Å². The fraction of sp³-hybridized carbons (Fsp3) is 0. The molecule has 0 unspecified atom stereocenters. The molecule has 0 aliphatic rings. The van der Waals surface area contributed by atoms with Gasteiger partial charge in [-0.2, -0.15) is 0 Å². The van der Waals surface area contributed by atoms with Crippen LogP contribution in [0.15, 0.2) is 40.9 Å². The van der Waals surface area contributed by atoms with Gasteiger partial charge in [0.2, 0.25) is 0 Å². The van der Waals surface area contributed by atoms with Crippen molar-refractivity contribution in [3.63, 3.8) is 0 Å². The third-order valence-corrected chi connectivity index (χ3v) is 3.67. The van der Waals surface area contributed by atoms with Crippen molar-refractivity contribution >= 4 is 45.1 Å². The first-order valence-electron chi connectivity index (χ1n) is 4.97. The number of carbonyl (C=O) groups is 1. The fourth-order valence-corrected chi connectivity index (χ4v) is 2.27. The van der Waals surface area contributed by atoms with Crippen molar-refractivity contribution in [3.05, 3.63) is 56.5 Å². The lowest BCUT2D eigenvalue weighted by Gasteiger charge is -2.08. The molecule has 0 fully saturated rings. The SMILES string of the molecule is O=C(O)c1cc(Br)ccc1-c1ccc(Cl)c(Cl)c1. The Balaban J connectivity index is 2.63. The zero-order chi connectivity index (χ0) is 13.3. The van der Waals surface area contributed by atoms with Crippen molar-refractivity contribution in [2.24, 2.45) is 0 Å². The van der Waals surface area contributed by atoms with E-state index in [4.69, 9.17) is 23.2 Å². The van der Waals surface area contributed by atoms with Crippen molar-refractivity contribution in [2.45, 2.75) is 0 Å². The Kier molecular flexibility index (Phi) is 3.95. The highest BCUT2D eigenvalue weighted by Crippen LogP contribution is 2.31. The summed E-state index contributed by atoms with van der Waals surface area (Å²) in [6.07, 6.45) is 0. The molecule has 92 valence electrons. The summed E-state index contributed by atoms with van der Waals surface area (Å²) < 4.78 is 0.712. The van der Waals surface area contributed by atoms with Gasteiger partial charge in [0, 0.05) is 4.47 Å². The minimum atomic E-state index is -0.989.